The minimum atomic E-state index is -1.82. The lowest BCUT2D eigenvalue weighted by atomic mass is 10.0. The molecular weight excluding hydrogens is 372 g/mol. The zero-order valence-electron chi connectivity index (χ0n) is 15.8. The third-order valence-corrected chi connectivity index (χ3v) is 4.66. The Morgan fingerprint density at radius 2 is 1.45 bits per heavy atom. The van der Waals surface area contributed by atoms with Gasteiger partial charge in [-0.2, -0.15) is 0 Å². The zero-order valence-corrected chi connectivity index (χ0v) is 15.8. The highest BCUT2D eigenvalue weighted by molar-refractivity contribution is 6.27. The van der Waals surface area contributed by atoms with E-state index < -0.39 is 11.9 Å². The maximum absolute atomic E-state index is 9.10. The molecule has 0 spiro atoms. The van der Waals surface area contributed by atoms with Crippen molar-refractivity contribution in [1.29, 1.82) is 0 Å². The van der Waals surface area contributed by atoms with Gasteiger partial charge in [-0.15, -0.1) is 0 Å². The number of carbonyl (C=O) groups is 2. The molecule has 2 N–H and O–H groups in total. The fourth-order valence-electron chi connectivity index (χ4n) is 3.23. The van der Waals surface area contributed by atoms with Gasteiger partial charge in [0.05, 0.1) is 0 Å². The van der Waals surface area contributed by atoms with Crippen LogP contribution in [0, 0.1) is 0 Å². The van der Waals surface area contributed by atoms with Crippen LogP contribution < -0.4 is 4.90 Å². The molecule has 1 aliphatic heterocycles. The molecule has 0 amide bonds. The number of aliphatic carboxylic acids is 2. The van der Waals surface area contributed by atoms with Crippen molar-refractivity contribution in [2.24, 2.45) is 0 Å². The summed E-state index contributed by atoms with van der Waals surface area (Å²) >= 11 is 0. The normalized spacial score (nSPS) is 14.1. The topological polar surface area (TPSA) is 107 Å². The molecule has 1 fully saturated rings. The van der Waals surface area contributed by atoms with Crippen molar-refractivity contribution in [3.63, 3.8) is 0 Å². The van der Waals surface area contributed by atoms with E-state index in [0.29, 0.717) is 0 Å². The number of anilines is 1. The van der Waals surface area contributed by atoms with Crippen LogP contribution in [0.3, 0.4) is 0 Å². The summed E-state index contributed by atoms with van der Waals surface area (Å²) in [6.45, 7) is 5.05. The van der Waals surface area contributed by atoms with Gasteiger partial charge in [-0.3, -0.25) is 4.90 Å². The molecule has 8 nitrogen and oxygen atoms in total. The van der Waals surface area contributed by atoms with Crippen LogP contribution in [0.15, 0.2) is 60.9 Å². The Hall–Kier alpha value is -3.52. The summed E-state index contributed by atoms with van der Waals surface area (Å²) in [5.74, 6) is -2.80. The number of carboxylic acids is 2. The summed E-state index contributed by atoms with van der Waals surface area (Å²) in [5.41, 5.74) is 1.41. The molecule has 3 aromatic rings. The molecule has 1 aliphatic rings. The lowest BCUT2D eigenvalue weighted by Gasteiger charge is -2.34. The van der Waals surface area contributed by atoms with Gasteiger partial charge < -0.3 is 15.1 Å². The van der Waals surface area contributed by atoms with Crippen LogP contribution in [0.25, 0.3) is 10.8 Å². The molecule has 0 saturated carbocycles. The predicted octanol–water partition coefficient (Wildman–Crippen LogP) is 2.11. The van der Waals surface area contributed by atoms with E-state index >= 15 is 0 Å². The predicted molar refractivity (Wildman–Crippen MR) is 109 cm³/mol. The average Bonchev–Trinajstić information content (AvgIpc) is 2.75. The van der Waals surface area contributed by atoms with E-state index in [0.717, 1.165) is 38.7 Å². The van der Waals surface area contributed by atoms with E-state index in [1.807, 2.05) is 18.5 Å². The number of hydrogen-bond acceptors (Lipinski definition) is 6. The lowest BCUT2D eigenvalue weighted by molar-refractivity contribution is -0.159. The van der Waals surface area contributed by atoms with Crippen molar-refractivity contribution in [1.82, 2.24) is 14.9 Å². The van der Waals surface area contributed by atoms with Gasteiger partial charge in [-0.05, 0) is 22.4 Å². The van der Waals surface area contributed by atoms with Gasteiger partial charge in [0.25, 0.3) is 0 Å². The quantitative estimate of drug-likeness (QED) is 0.651. The van der Waals surface area contributed by atoms with E-state index in [2.05, 4.69) is 62.2 Å². The number of hydrogen-bond donors (Lipinski definition) is 2. The first-order chi connectivity index (χ1) is 14.0. The van der Waals surface area contributed by atoms with Gasteiger partial charge in [0, 0.05) is 45.1 Å². The lowest BCUT2D eigenvalue weighted by Crippen LogP contribution is -2.46. The van der Waals surface area contributed by atoms with Crippen LogP contribution in [0.1, 0.15) is 5.56 Å². The molecule has 2 aromatic carbocycles. The largest absolute Gasteiger partial charge is 0.473 e. The number of carboxylic acid groups (broad SMARTS) is 2. The first kappa shape index (κ1) is 20.2. The summed E-state index contributed by atoms with van der Waals surface area (Å²) in [7, 11) is 0. The van der Waals surface area contributed by atoms with E-state index in [9.17, 15) is 0 Å². The van der Waals surface area contributed by atoms with E-state index in [1.54, 1.807) is 0 Å². The molecule has 0 unspecified atom stereocenters. The summed E-state index contributed by atoms with van der Waals surface area (Å²) < 4.78 is 0. The van der Waals surface area contributed by atoms with Crippen LogP contribution >= 0.6 is 0 Å². The Bertz CT molecular complexity index is 955. The third kappa shape index (κ3) is 5.49. The highest BCUT2D eigenvalue weighted by Gasteiger charge is 2.19. The van der Waals surface area contributed by atoms with Crippen molar-refractivity contribution in [3.05, 3.63) is 66.5 Å². The monoisotopic (exact) mass is 394 g/mol. The second-order valence-corrected chi connectivity index (χ2v) is 6.56. The molecule has 0 radical (unpaired) electrons. The maximum Gasteiger partial charge on any atom is 0.414 e. The Morgan fingerprint density at radius 1 is 0.828 bits per heavy atom. The van der Waals surface area contributed by atoms with Gasteiger partial charge in [-0.25, -0.2) is 19.6 Å². The second kappa shape index (κ2) is 9.61. The van der Waals surface area contributed by atoms with Crippen molar-refractivity contribution < 1.29 is 19.8 Å². The molecule has 8 heteroatoms. The van der Waals surface area contributed by atoms with Crippen molar-refractivity contribution >= 4 is 28.7 Å². The maximum atomic E-state index is 9.10. The number of benzene rings is 2. The standard InChI is InChI=1S/C19H20N4.C2H2O4/c1-2-8-18-16(5-1)6-3-7-17(18)15-22-11-13-23(14-12-22)19-20-9-4-10-21-19;3-1(4)2(5)6/h1-10H,11-15H2;(H,3,4)(H,5,6). The first-order valence-corrected chi connectivity index (χ1v) is 9.22. The average molecular weight is 394 g/mol. The van der Waals surface area contributed by atoms with Gasteiger partial charge in [0.15, 0.2) is 0 Å². The molecule has 0 atom stereocenters. The van der Waals surface area contributed by atoms with E-state index in [-0.39, 0.29) is 0 Å². The van der Waals surface area contributed by atoms with E-state index in [4.69, 9.17) is 19.8 Å². The van der Waals surface area contributed by atoms with Gasteiger partial charge in [0.2, 0.25) is 5.95 Å². The summed E-state index contributed by atoms with van der Waals surface area (Å²) in [4.78, 5) is 31.7. The van der Waals surface area contributed by atoms with Gasteiger partial charge in [0.1, 0.15) is 0 Å². The van der Waals surface area contributed by atoms with Crippen molar-refractivity contribution in [3.8, 4) is 0 Å². The number of rotatable bonds is 3. The van der Waals surface area contributed by atoms with Gasteiger partial charge in [-0.1, -0.05) is 42.5 Å². The SMILES string of the molecule is O=C(O)C(=O)O.c1cnc(N2CCN(Cc3cccc4ccccc34)CC2)nc1. The molecule has 0 bridgehead atoms. The van der Waals surface area contributed by atoms with Crippen LogP contribution in [0.4, 0.5) is 5.95 Å². The number of nitrogens with zero attached hydrogens (tertiary/aromatic N) is 4. The van der Waals surface area contributed by atoms with Gasteiger partial charge >= 0.3 is 11.9 Å². The van der Waals surface area contributed by atoms with Crippen LogP contribution in [-0.2, 0) is 16.1 Å². The molecule has 1 saturated heterocycles. The number of piperazine rings is 1. The minimum absolute atomic E-state index is 0.845. The van der Waals surface area contributed by atoms with Crippen molar-refractivity contribution in [2.75, 3.05) is 31.1 Å². The molecular formula is C21H22N4O4. The van der Waals surface area contributed by atoms with Crippen molar-refractivity contribution in [2.45, 2.75) is 6.54 Å². The molecule has 2 heterocycles. The number of fused-ring (bicyclic) bond motifs is 1. The Labute approximate surface area is 168 Å². The Morgan fingerprint density at radius 3 is 2.10 bits per heavy atom. The van der Waals surface area contributed by atoms with E-state index in [1.165, 1.54) is 16.3 Å². The summed E-state index contributed by atoms with van der Waals surface area (Å²) in [6, 6.07) is 17.1. The summed E-state index contributed by atoms with van der Waals surface area (Å²) in [6.07, 6.45) is 3.62. The van der Waals surface area contributed by atoms with Crippen LogP contribution in [-0.4, -0.2) is 63.2 Å². The highest BCUT2D eigenvalue weighted by Crippen LogP contribution is 2.21. The second-order valence-electron chi connectivity index (χ2n) is 6.56. The minimum Gasteiger partial charge on any atom is -0.473 e. The van der Waals surface area contributed by atoms with Crippen LogP contribution in [0.2, 0.25) is 0 Å². The molecule has 150 valence electrons. The Balaban J connectivity index is 0.000000353. The molecule has 0 aliphatic carbocycles. The third-order valence-electron chi connectivity index (χ3n) is 4.66. The smallest absolute Gasteiger partial charge is 0.414 e. The fourth-order valence-corrected chi connectivity index (χ4v) is 3.23. The fraction of sp³-hybridized carbons (Fsp3) is 0.238. The van der Waals surface area contributed by atoms with Crippen LogP contribution in [0.5, 0.6) is 0 Å². The molecule has 29 heavy (non-hydrogen) atoms. The zero-order chi connectivity index (χ0) is 20.6. The first-order valence-electron chi connectivity index (χ1n) is 9.22. The molecule has 1 aromatic heterocycles. The molecule has 4 rings (SSSR count). The summed E-state index contributed by atoms with van der Waals surface area (Å²) in [5, 5.41) is 17.5. The highest BCUT2D eigenvalue weighted by atomic mass is 16.4. The number of aromatic nitrogens is 2. The Kier molecular flexibility index (Phi) is 6.70.